The molecule has 0 aliphatic rings. The summed E-state index contributed by atoms with van der Waals surface area (Å²) < 4.78 is 24.3. The van der Waals surface area contributed by atoms with Crippen LogP contribution in [0.2, 0.25) is 0 Å². The van der Waals surface area contributed by atoms with Crippen LogP contribution >= 0.6 is 0 Å². The molecule has 4 heteroatoms. The van der Waals surface area contributed by atoms with Crippen LogP contribution in [0.15, 0.2) is 48.5 Å². The first-order valence-corrected chi connectivity index (χ1v) is 7.39. The highest BCUT2D eigenvalue weighted by Crippen LogP contribution is 2.28. The normalized spacial score (nSPS) is 15.8. The number of hydrogen-bond acceptors (Lipinski definition) is 2. The van der Waals surface area contributed by atoms with Crippen LogP contribution < -0.4 is 0 Å². The SMILES string of the molecule is C[S+]([O-])C(C)(O)c1ccc(-c2ccc(F)cc2)cc1. The first-order valence-electron chi connectivity index (χ1n) is 5.83. The van der Waals surface area contributed by atoms with Gasteiger partial charge in [0.15, 0.2) is 0 Å². The summed E-state index contributed by atoms with van der Waals surface area (Å²) in [4.78, 5) is -1.36. The van der Waals surface area contributed by atoms with E-state index in [1.807, 2.05) is 12.1 Å². The summed E-state index contributed by atoms with van der Waals surface area (Å²) in [6, 6.07) is 13.3. The zero-order valence-electron chi connectivity index (χ0n) is 10.8. The van der Waals surface area contributed by atoms with Crippen LogP contribution in [-0.4, -0.2) is 15.9 Å². The van der Waals surface area contributed by atoms with Gasteiger partial charge in [-0.15, -0.1) is 0 Å². The van der Waals surface area contributed by atoms with Gasteiger partial charge in [-0.1, -0.05) is 36.4 Å². The largest absolute Gasteiger partial charge is 0.614 e. The minimum Gasteiger partial charge on any atom is -0.614 e. The molecule has 0 saturated carbocycles. The van der Waals surface area contributed by atoms with E-state index in [1.54, 1.807) is 24.3 Å². The molecule has 0 amide bonds. The van der Waals surface area contributed by atoms with Crippen molar-refractivity contribution in [3.05, 3.63) is 59.9 Å². The van der Waals surface area contributed by atoms with Crippen molar-refractivity contribution in [3.63, 3.8) is 0 Å². The van der Waals surface area contributed by atoms with Crippen LogP contribution in [0.5, 0.6) is 0 Å². The molecule has 1 N–H and O–H groups in total. The Bertz CT molecular complexity index is 547. The van der Waals surface area contributed by atoms with Gasteiger partial charge in [0, 0.05) is 12.5 Å². The van der Waals surface area contributed by atoms with Crippen LogP contribution in [0.3, 0.4) is 0 Å². The summed E-state index contributed by atoms with van der Waals surface area (Å²) in [5.41, 5.74) is 2.41. The van der Waals surface area contributed by atoms with E-state index >= 15 is 0 Å². The quantitative estimate of drug-likeness (QED) is 0.877. The van der Waals surface area contributed by atoms with Crippen molar-refractivity contribution in [1.29, 1.82) is 0 Å². The first kappa shape index (κ1) is 14.1. The van der Waals surface area contributed by atoms with E-state index in [9.17, 15) is 14.0 Å². The van der Waals surface area contributed by atoms with Gasteiger partial charge < -0.3 is 9.66 Å². The van der Waals surface area contributed by atoms with Crippen molar-refractivity contribution in [2.45, 2.75) is 11.9 Å². The van der Waals surface area contributed by atoms with Crippen molar-refractivity contribution < 1.29 is 14.0 Å². The summed E-state index contributed by atoms with van der Waals surface area (Å²) in [7, 11) is 0. The smallest absolute Gasteiger partial charge is 0.246 e. The van der Waals surface area contributed by atoms with Gasteiger partial charge in [0.25, 0.3) is 0 Å². The van der Waals surface area contributed by atoms with Gasteiger partial charge in [0.2, 0.25) is 4.93 Å². The predicted octanol–water partition coefficient (Wildman–Crippen LogP) is 3.04. The molecule has 2 unspecified atom stereocenters. The number of aliphatic hydroxyl groups is 1. The second-order valence-corrected chi connectivity index (χ2v) is 6.22. The summed E-state index contributed by atoms with van der Waals surface area (Å²) in [5.74, 6) is -0.273. The van der Waals surface area contributed by atoms with Crippen molar-refractivity contribution in [1.82, 2.24) is 0 Å². The lowest BCUT2D eigenvalue weighted by molar-refractivity contribution is 0.146. The summed E-state index contributed by atoms with van der Waals surface area (Å²) in [6.45, 7) is 1.52. The second-order valence-electron chi connectivity index (χ2n) is 4.52. The number of halogens is 1. The van der Waals surface area contributed by atoms with Crippen LogP contribution in [0.4, 0.5) is 4.39 Å². The molecule has 0 heterocycles. The summed E-state index contributed by atoms with van der Waals surface area (Å²) >= 11 is -1.38. The number of rotatable bonds is 3. The highest BCUT2D eigenvalue weighted by molar-refractivity contribution is 7.91. The van der Waals surface area contributed by atoms with E-state index < -0.39 is 16.1 Å². The maximum absolute atomic E-state index is 12.8. The van der Waals surface area contributed by atoms with Crippen LogP contribution in [0, 0.1) is 5.82 Å². The molecule has 100 valence electrons. The Morgan fingerprint density at radius 2 is 1.42 bits per heavy atom. The highest BCUT2D eigenvalue weighted by Gasteiger charge is 2.33. The molecular weight excluding hydrogens is 263 g/mol. The fourth-order valence-corrected chi connectivity index (χ4v) is 2.25. The molecule has 2 nitrogen and oxygen atoms in total. The fraction of sp³-hybridized carbons (Fsp3) is 0.200. The van der Waals surface area contributed by atoms with Gasteiger partial charge in [-0.2, -0.15) is 0 Å². The fourth-order valence-electron chi connectivity index (χ4n) is 1.78. The Balaban J connectivity index is 2.31. The lowest BCUT2D eigenvalue weighted by atomic mass is 10.0. The molecule has 2 atom stereocenters. The van der Waals surface area contributed by atoms with Gasteiger partial charge in [-0.25, -0.2) is 4.39 Å². The molecule has 0 bridgehead atoms. The van der Waals surface area contributed by atoms with Gasteiger partial charge in [-0.3, -0.25) is 0 Å². The monoisotopic (exact) mass is 278 g/mol. The maximum Gasteiger partial charge on any atom is 0.246 e. The van der Waals surface area contributed by atoms with Crippen LogP contribution in [0.25, 0.3) is 11.1 Å². The van der Waals surface area contributed by atoms with E-state index in [1.165, 1.54) is 25.3 Å². The lowest BCUT2D eigenvalue weighted by Gasteiger charge is -2.24. The lowest BCUT2D eigenvalue weighted by Crippen LogP contribution is -2.31. The summed E-state index contributed by atoms with van der Waals surface area (Å²) in [6.07, 6.45) is 1.47. The van der Waals surface area contributed by atoms with Crippen molar-refractivity contribution in [3.8, 4) is 11.1 Å². The van der Waals surface area contributed by atoms with Gasteiger partial charge in [0.05, 0.1) is 6.26 Å². The molecule has 0 saturated heterocycles. The molecule has 2 aromatic rings. The van der Waals surface area contributed by atoms with Crippen molar-refractivity contribution in [2.24, 2.45) is 0 Å². The Morgan fingerprint density at radius 1 is 1.00 bits per heavy atom. The molecule has 0 spiro atoms. The Morgan fingerprint density at radius 3 is 1.84 bits per heavy atom. The molecule has 19 heavy (non-hydrogen) atoms. The summed E-state index contributed by atoms with van der Waals surface area (Å²) in [5, 5.41) is 10.1. The molecule has 2 rings (SSSR count). The molecule has 0 aliphatic heterocycles. The third-order valence-corrected chi connectivity index (χ3v) is 4.51. The molecule has 0 fully saturated rings. The number of benzene rings is 2. The zero-order chi connectivity index (χ0) is 14.0. The van der Waals surface area contributed by atoms with Crippen molar-refractivity contribution in [2.75, 3.05) is 6.26 Å². The molecule has 0 aromatic heterocycles. The topological polar surface area (TPSA) is 43.3 Å². The van der Waals surface area contributed by atoms with Crippen LogP contribution in [-0.2, 0) is 16.1 Å². The van der Waals surface area contributed by atoms with E-state index in [2.05, 4.69) is 0 Å². The molecule has 0 aliphatic carbocycles. The average molecular weight is 278 g/mol. The van der Waals surface area contributed by atoms with E-state index in [-0.39, 0.29) is 5.82 Å². The maximum atomic E-state index is 12.8. The first-order chi connectivity index (χ1) is 8.91. The Kier molecular flexibility index (Phi) is 3.94. The second kappa shape index (κ2) is 5.33. The van der Waals surface area contributed by atoms with Gasteiger partial charge in [0.1, 0.15) is 5.82 Å². The third-order valence-electron chi connectivity index (χ3n) is 3.16. The molecular formula is C15H15FO2S. The minimum atomic E-state index is -1.38. The van der Waals surface area contributed by atoms with Gasteiger partial charge in [-0.05, 0) is 34.4 Å². The van der Waals surface area contributed by atoms with Gasteiger partial charge >= 0.3 is 0 Å². The van der Waals surface area contributed by atoms with Crippen molar-refractivity contribution >= 4 is 11.2 Å². The number of hydrogen-bond donors (Lipinski definition) is 1. The Labute approximate surface area is 115 Å². The predicted molar refractivity (Wildman–Crippen MR) is 75.5 cm³/mol. The molecule has 0 radical (unpaired) electrons. The van der Waals surface area contributed by atoms with E-state index in [4.69, 9.17) is 0 Å². The average Bonchev–Trinajstić information content (AvgIpc) is 2.39. The van der Waals surface area contributed by atoms with Crippen LogP contribution in [0.1, 0.15) is 12.5 Å². The third kappa shape index (κ3) is 2.97. The van der Waals surface area contributed by atoms with E-state index in [0.29, 0.717) is 5.56 Å². The molecule has 2 aromatic carbocycles. The standard InChI is InChI=1S/C15H15FO2S/c1-15(17,19(2)18)13-7-3-11(4-8-13)12-5-9-14(16)10-6-12/h3-10,17H,1-2H3. The highest BCUT2D eigenvalue weighted by atomic mass is 32.2. The zero-order valence-corrected chi connectivity index (χ0v) is 11.6. The Hall–Kier alpha value is -1.36. The van der Waals surface area contributed by atoms with E-state index in [0.717, 1.165) is 11.1 Å². The minimum absolute atomic E-state index is 0.273.